The quantitative estimate of drug-likeness (QED) is 0.547. The van der Waals surface area contributed by atoms with E-state index in [4.69, 9.17) is 18.3 Å². The van der Waals surface area contributed by atoms with Crippen molar-refractivity contribution in [3.63, 3.8) is 0 Å². The average molecular weight is 286 g/mol. The van der Waals surface area contributed by atoms with E-state index in [0.29, 0.717) is 23.5 Å². The van der Waals surface area contributed by atoms with E-state index in [9.17, 15) is 4.79 Å². The maximum atomic E-state index is 11.4. The van der Waals surface area contributed by atoms with Crippen molar-refractivity contribution < 1.29 is 18.3 Å². The van der Waals surface area contributed by atoms with Gasteiger partial charge in [-0.3, -0.25) is 0 Å². The molecule has 1 fully saturated rings. The Bertz CT molecular complexity index is 886. The van der Waals surface area contributed by atoms with Crippen molar-refractivity contribution in [2.75, 3.05) is 6.61 Å². The van der Waals surface area contributed by atoms with Gasteiger partial charge in [0.25, 0.3) is 0 Å². The van der Waals surface area contributed by atoms with Gasteiger partial charge in [-0.2, -0.15) is 0 Å². The molecule has 1 aliphatic rings. The molecule has 5 heteroatoms. The zero-order chi connectivity index (χ0) is 14.6. The van der Waals surface area contributed by atoms with Crippen LogP contribution >= 0.6 is 0 Å². The number of hydrogen-bond acceptors (Lipinski definition) is 5. The fraction of sp³-hybridized carbons (Fsp3) is 0.312. The molecular formula is C16H14O5. The molecular weight excluding hydrogens is 272 g/mol. The van der Waals surface area contributed by atoms with Crippen molar-refractivity contribution >= 4 is 21.9 Å². The van der Waals surface area contributed by atoms with Crippen molar-refractivity contribution in [2.24, 2.45) is 0 Å². The number of benzene rings is 1. The fourth-order valence-corrected chi connectivity index (χ4v) is 2.49. The molecule has 0 aliphatic carbocycles. The van der Waals surface area contributed by atoms with Crippen LogP contribution in [0.15, 0.2) is 44.2 Å². The summed E-state index contributed by atoms with van der Waals surface area (Å²) < 4.78 is 22.1. The lowest BCUT2D eigenvalue weighted by Crippen LogP contribution is -2.12. The van der Waals surface area contributed by atoms with E-state index in [0.717, 1.165) is 10.8 Å². The van der Waals surface area contributed by atoms with Crippen molar-refractivity contribution in [1.82, 2.24) is 0 Å². The molecule has 1 saturated heterocycles. The van der Waals surface area contributed by atoms with E-state index in [1.54, 1.807) is 18.4 Å². The highest BCUT2D eigenvalue weighted by Crippen LogP contribution is 2.38. The average Bonchev–Trinajstić information content (AvgIpc) is 2.84. The summed E-state index contributed by atoms with van der Waals surface area (Å²) in [5.74, 6) is 0.659. The molecule has 3 aromatic rings. The fourth-order valence-electron chi connectivity index (χ4n) is 2.49. The SMILES string of the molecule is CC1(C)O[C@@H]1COc1c2ccoc2cc2oc(=O)ccc12. The minimum atomic E-state index is -0.397. The van der Waals surface area contributed by atoms with Crippen LogP contribution in [-0.4, -0.2) is 18.3 Å². The van der Waals surface area contributed by atoms with Crippen molar-refractivity contribution in [2.45, 2.75) is 25.6 Å². The van der Waals surface area contributed by atoms with Crippen LogP contribution in [0.3, 0.4) is 0 Å². The Balaban J connectivity index is 1.82. The van der Waals surface area contributed by atoms with Gasteiger partial charge in [-0.05, 0) is 26.0 Å². The summed E-state index contributed by atoms with van der Waals surface area (Å²) in [6, 6.07) is 6.64. The summed E-state index contributed by atoms with van der Waals surface area (Å²) in [5.41, 5.74) is 0.553. The maximum Gasteiger partial charge on any atom is 0.336 e. The number of fused-ring (bicyclic) bond motifs is 2. The zero-order valence-electron chi connectivity index (χ0n) is 11.7. The van der Waals surface area contributed by atoms with E-state index < -0.39 is 5.63 Å². The molecule has 3 heterocycles. The van der Waals surface area contributed by atoms with Gasteiger partial charge in [0.2, 0.25) is 0 Å². The minimum Gasteiger partial charge on any atom is -0.489 e. The zero-order valence-corrected chi connectivity index (χ0v) is 11.7. The van der Waals surface area contributed by atoms with Gasteiger partial charge in [-0.15, -0.1) is 0 Å². The van der Waals surface area contributed by atoms with E-state index in [1.807, 2.05) is 19.9 Å². The Morgan fingerprint density at radius 2 is 1.95 bits per heavy atom. The van der Waals surface area contributed by atoms with Crippen LogP contribution in [0.4, 0.5) is 0 Å². The summed E-state index contributed by atoms with van der Waals surface area (Å²) in [5, 5.41) is 1.61. The molecule has 1 atom stereocenters. The molecule has 1 aliphatic heterocycles. The Kier molecular flexibility index (Phi) is 2.44. The third-order valence-corrected chi connectivity index (χ3v) is 3.85. The lowest BCUT2D eigenvalue weighted by Gasteiger charge is -2.09. The molecule has 0 saturated carbocycles. The maximum absolute atomic E-state index is 11.4. The van der Waals surface area contributed by atoms with Crippen LogP contribution < -0.4 is 10.4 Å². The predicted molar refractivity (Wildman–Crippen MR) is 76.7 cm³/mol. The van der Waals surface area contributed by atoms with Gasteiger partial charge in [-0.1, -0.05) is 0 Å². The summed E-state index contributed by atoms with van der Waals surface area (Å²) in [7, 11) is 0. The van der Waals surface area contributed by atoms with Gasteiger partial charge in [0.05, 0.1) is 22.6 Å². The smallest absolute Gasteiger partial charge is 0.336 e. The van der Waals surface area contributed by atoms with Crippen LogP contribution in [0.1, 0.15) is 13.8 Å². The van der Waals surface area contributed by atoms with Gasteiger partial charge in [0.15, 0.2) is 0 Å². The summed E-state index contributed by atoms with van der Waals surface area (Å²) >= 11 is 0. The van der Waals surface area contributed by atoms with E-state index >= 15 is 0 Å². The highest BCUT2D eigenvalue weighted by molar-refractivity contribution is 6.01. The van der Waals surface area contributed by atoms with Gasteiger partial charge < -0.3 is 18.3 Å². The molecule has 0 unspecified atom stereocenters. The lowest BCUT2D eigenvalue weighted by molar-refractivity contribution is 0.258. The molecule has 0 radical (unpaired) electrons. The highest BCUT2D eigenvalue weighted by Gasteiger charge is 2.48. The van der Waals surface area contributed by atoms with Crippen molar-refractivity contribution in [3.05, 3.63) is 40.9 Å². The lowest BCUT2D eigenvalue weighted by atomic mass is 10.1. The van der Waals surface area contributed by atoms with Gasteiger partial charge in [-0.25, -0.2) is 4.79 Å². The molecule has 0 bridgehead atoms. The third kappa shape index (κ3) is 2.01. The minimum absolute atomic E-state index is 0.0745. The Morgan fingerprint density at radius 3 is 2.71 bits per heavy atom. The third-order valence-electron chi connectivity index (χ3n) is 3.85. The highest BCUT2D eigenvalue weighted by atomic mass is 16.6. The van der Waals surface area contributed by atoms with Crippen LogP contribution in [-0.2, 0) is 4.74 Å². The summed E-state index contributed by atoms with van der Waals surface area (Å²) in [6.07, 6.45) is 1.66. The second-order valence-electron chi connectivity index (χ2n) is 5.73. The van der Waals surface area contributed by atoms with Gasteiger partial charge >= 0.3 is 5.63 Å². The first kappa shape index (κ1) is 12.5. The van der Waals surface area contributed by atoms with Crippen molar-refractivity contribution in [1.29, 1.82) is 0 Å². The van der Waals surface area contributed by atoms with Gasteiger partial charge in [0, 0.05) is 12.1 Å². The second kappa shape index (κ2) is 4.11. The number of ether oxygens (including phenoxy) is 2. The molecule has 21 heavy (non-hydrogen) atoms. The van der Waals surface area contributed by atoms with E-state index in [1.165, 1.54) is 6.07 Å². The Labute approximate surface area is 120 Å². The molecule has 1 aromatic carbocycles. The Hall–Kier alpha value is -2.27. The number of furan rings is 1. The van der Waals surface area contributed by atoms with E-state index in [-0.39, 0.29) is 11.7 Å². The first-order valence-electron chi connectivity index (χ1n) is 6.79. The first-order chi connectivity index (χ1) is 10.0. The van der Waals surface area contributed by atoms with Crippen LogP contribution in [0, 0.1) is 0 Å². The predicted octanol–water partition coefficient (Wildman–Crippen LogP) is 3.10. The first-order valence-corrected chi connectivity index (χ1v) is 6.79. The Morgan fingerprint density at radius 1 is 1.19 bits per heavy atom. The largest absolute Gasteiger partial charge is 0.489 e. The summed E-state index contributed by atoms with van der Waals surface area (Å²) in [4.78, 5) is 11.4. The van der Waals surface area contributed by atoms with Crippen LogP contribution in [0.25, 0.3) is 21.9 Å². The normalized spacial score (nSPS) is 20.0. The number of epoxide rings is 1. The molecule has 2 aromatic heterocycles. The molecule has 0 spiro atoms. The van der Waals surface area contributed by atoms with Crippen LogP contribution in [0.5, 0.6) is 5.75 Å². The number of rotatable bonds is 3. The van der Waals surface area contributed by atoms with Crippen molar-refractivity contribution in [3.8, 4) is 5.75 Å². The summed E-state index contributed by atoms with van der Waals surface area (Å²) in [6.45, 7) is 4.50. The topological polar surface area (TPSA) is 65.1 Å². The molecule has 0 N–H and O–H groups in total. The molecule has 4 rings (SSSR count). The molecule has 5 nitrogen and oxygen atoms in total. The number of hydrogen-bond donors (Lipinski definition) is 0. The van der Waals surface area contributed by atoms with E-state index in [2.05, 4.69) is 0 Å². The molecule has 0 amide bonds. The monoisotopic (exact) mass is 286 g/mol. The van der Waals surface area contributed by atoms with Crippen LogP contribution in [0.2, 0.25) is 0 Å². The molecule has 108 valence electrons. The second-order valence-corrected chi connectivity index (χ2v) is 5.73. The standard InChI is InChI=1S/C16H14O5/c1-16(2)13(21-16)8-19-15-9-3-4-14(17)20-12(9)7-11-10(15)5-6-18-11/h3-7,13H,8H2,1-2H3/t13-/m1/s1. The van der Waals surface area contributed by atoms with Gasteiger partial charge in [0.1, 0.15) is 29.6 Å².